The summed E-state index contributed by atoms with van der Waals surface area (Å²) in [6.07, 6.45) is 0. The second-order valence-electron chi connectivity index (χ2n) is 4.48. The van der Waals surface area contributed by atoms with Gasteiger partial charge in [-0.15, -0.1) is 5.10 Å². The number of carbonyl (C=O) groups excluding carboxylic acids is 1. The Bertz CT molecular complexity index is 836. The Kier molecular flexibility index (Phi) is 4.51. The first kappa shape index (κ1) is 15.4. The highest BCUT2D eigenvalue weighted by Gasteiger charge is 2.15. The van der Waals surface area contributed by atoms with Crippen LogP contribution < -0.4 is 10.6 Å². The Morgan fingerprint density at radius 1 is 1.09 bits per heavy atom. The lowest BCUT2D eigenvalue weighted by Crippen LogP contribution is -2.12. The summed E-state index contributed by atoms with van der Waals surface area (Å²) in [6.45, 7) is 0. The van der Waals surface area contributed by atoms with E-state index in [1.807, 2.05) is 12.1 Å². The van der Waals surface area contributed by atoms with E-state index in [9.17, 15) is 9.18 Å². The van der Waals surface area contributed by atoms with Crippen molar-refractivity contribution in [3.05, 3.63) is 63.8 Å². The van der Waals surface area contributed by atoms with Crippen LogP contribution in [0.1, 0.15) is 10.7 Å². The molecule has 0 aliphatic carbocycles. The van der Waals surface area contributed by atoms with Gasteiger partial charge in [-0.1, -0.05) is 17.2 Å². The van der Waals surface area contributed by atoms with E-state index in [0.29, 0.717) is 5.69 Å². The maximum absolute atomic E-state index is 13.5. The summed E-state index contributed by atoms with van der Waals surface area (Å²) in [5, 5.41) is 12.6. The summed E-state index contributed by atoms with van der Waals surface area (Å²) >= 11 is 2.17. The molecule has 1 aromatic heterocycles. The quantitative estimate of drug-likeness (QED) is 0.623. The molecule has 0 spiro atoms. The molecule has 0 saturated carbocycles. The Morgan fingerprint density at radius 2 is 1.83 bits per heavy atom. The summed E-state index contributed by atoms with van der Waals surface area (Å²) in [4.78, 5) is 12.0. The van der Waals surface area contributed by atoms with E-state index in [-0.39, 0.29) is 17.6 Å². The molecule has 0 atom stereocenters. The zero-order valence-corrected chi connectivity index (χ0v) is 13.7. The first-order chi connectivity index (χ1) is 11.1. The number of nitrogens with zero attached hydrogens (tertiary/aromatic N) is 2. The lowest BCUT2D eigenvalue weighted by Gasteiger charge is -2.02. The van der Waals surface area contributed by atoms with E-state index in [1.54, 1.807) is 24.3 Å². The molecule has 3 aromatic rings. The number of carbonyl (C=O) groups is 1. The van der Waals surface area contributed by atoms with Crippen molar-refractivity contribution >= 4 is 45.9 Å². The Labute approximate surface area is 144 Å². The predicted molar refractivity (Wildman–Crippen MR) is 91.1 cm³/mol. The normalized spacial score (nSPS) is 10.3. The van der Waals surface area contributed by atoms with E-state index in [0.717, 1.165) is 3.57 Å². The Balaban J connectivity index is 1.70. The number of benzene rings is 2. The SMILES string of the molecule is O=C(Nc1ccc(I)cc1)c1nnc(Nc2ccccc2F)o1. The van der Waals surface area contributed by atoms with Crippen molar-refractivity contribution in [3.8, 4) is 0 Å². The summed E-state index contributed by atoms with van der Waals surface area (Å²) in [5.74, 6) is -1.22. The fourth-order valence-corrected chi connectivity index (χ4v) is 2.12. The molecule has 116 valence electrons. The molecule has 0 aliphatic heterocycles. The van der Waals surface area contributed by atoms with Gasteiger partial charge in [0.25, 0.3) is 0 Å². The van der Waals surface area contributed by atoms with Crippen LogP contribution in [0.3, 0.4) is 0 Å². The molecule has 0 aliphatic rings. The highest BCUT2D eigenvalue weighted by molar-refractivity contribution is 14.1. The van der Waals surface area contributed by atoms with Crippen molar-refractivity contribution in [2.24, 2.45) is 0 Å². The van der Waals surface area contributed by atoms with Gasteiger partial charge in [0.2, 0.25) is 0 Å². The number of para-hydroxylation sites is 1. The molecule has 6 nitrogen and oxygen atoms in total. The van der Waals surface area contributed by atoms with Crippen LogP contribution in [-0.2, 0) is 0 Å². The molecular formula is C15H10FIN4O2. The van der Waals surface area contributed by atoms with Gasteiger partial charge in [-0.05, 0) is 59.0 Å². The van der Waals surface area contributed by atoms with Crippen molar-refractivity contribution in [2.75, 3.05) is 10.6 Å². The van der Waals surface area contributed by atoms with E-state index >= 15 is 0 Å². The predicted octanol–water partition coefficient (Wildman–Crippen LogP) is 3.81. The Morgan fingerprint density at radius 3 is 2.57 bits per heavy atom. The molecule has 0 bridgehead atoms. The smallest absolute Gasteiger partial charge is 0.320 e. The number of hydrogen-bond acceptors (Lipinski definition) is 5. The number of amides is 1. The molecule has 0 fully saturated rings. The largest absolute Gasteiger partial charge is 0.399 e. The summed E-state index contributed by atoms with van der Waals surface area (Å²) < 4.78 is 19.8. The number of halogens is 2. The van der Waals surface area contributed by atoms with E-state index in [1.165, 1.54) is 12.1 Å². The van der Waals surface area contributed by atoms with Gasteiger partial charge >= 0.3 is 17.8 Å². The molecule has 3 rings (SSSR count). The average molecular weight is 424 g/mol. The third-order valence-electron chi connectivity index (χ3n) is 2.84. The number of aromatic nitrogens is 2. The minimum absolute atomic E-state index is 0.0668. The highest BCUT2D eigenvalue weighted by atomic mass is 127. The van der Waals surface area contributed by atoms with Gasteiger partial charge in [0.15, 0.2) is 0 Å². The number of anilines is 3. The van der Waals surface area contributed by atoms with Crippen molar-refractivity contribution in [1.29, 1.82) is 0 Å². The minimum Gasteiger partial charge on any atom is -0.399 e. The fraction of sp³-hybridized carbons (Fsp3) is 0. The lowest BCUT2D eigenvalue weighted by molar-refractivity contribution is 0.0991. The van der Waals surface area contributed by atoms with Crippen LogP contribution in [0.2, 0.25) is 0 Å². The third-order valence-corrected chi connectivity index (χ3v) is 3.56. The Hall–Kier alpha value is -2.49. The zero-order chi connectivity index (χ0) is 16.2. The first-order valence-electron chi connectivity index (χ1n) is 6.54. The molecule has 2 aromatic carbocycles. The maximum atomic E-state index is 13.5. The van der Waals surface area contributed by atoms with Crippen molar-refractivity contribution < 1.29 is 13.6 Å². The molecule has 0 saturated heterocycles. The van der Waals surface area contributed by atoms with Crippen molar-refractivity contribution in [1.82, 2.24) is 10.2 Å². The zero-order valence-electron chi connectivity index (χ0n) is 11.6. The number of nitrogens with one attached hydrogen (secondary N) is 2. The fourth-order valence-electron chi connectivity index (χ4n) is 1.76. The third kappa shape index (κ3) is 3.83. The standard InChI is InChI=1S/C15H10FIN4O2/c16-11-3-1-2-4-12(11)19-15-21-20-14(23-15)13(22)18-10-7-5-9(17)6-8-10/h1-8H,(H,18,22)(H,19,21). The van der Waals surface area contributed by atoms with Gasteiger partial charge in [-0.25, -0.2) is 4.39 Å². The van der Waals surface area contributed by atoms with Gasteiger partial charge in [0, 0.05) is 9.26 Å². The van der Waals surface area contributed by atoms with E-state index < -0.39 is 11.7 Å². The van der Waals surface area contributed by atoms with Crippen LogP contribution in [0.5, 0.6) is 0 Å². The van der Waals surface area contributed by atoms with Crippen LogP contribution in [-0.4, -0.2) is 16.1 Å². The monoisotopic (exact) mass is 424 g/mol. The van der Waals surface area contributed by atoms with Gasteiger partial charge in [-0.3, -0.25) is 4.79 Å². The van der Waals surface area contributed by atoms with Crippen LogP contribution in [0.4, 0.5) is 21.8 Å². The van der Waals surface area contributed by atoms with Crippen molar-refractivity contribution in [3.63, 3.8) is 0 Å². The summed E-state index contributed by atoms with van der Waals surface area (Å²) in [6, 6.07) is 13.2. The summed E-state index contributed by atoms with van der Waals surface area (Å²) in [5.41, 5.74) is 0.790. The summed E-state index contributed by atoms with van der Waals surface area (Å²) in [7, 11) is 0. The topological polar surface area (TPSA) is 80.0 Å². The first-order valence-corrected chi connectivity index (χ1v) is 7.62. The van der Waals surface area contributed by atoms with Crippen LogP contribution in [0.15, 0.2) is 52.9 Å². The molecular weight excluding hydrogens is 414 g/mol. The average Bonchev–Trinajstić information content (AvgIpc) is 3.01. The second kappa shape index (κ2) is 6.73. The number of rotatable bonds is 4. The van der Waals surface area contributed by atoms with Crippen molar-refractivity contribution in [2.45, 2.75) is 0 Å². The van der Waals surface area contributed by atoms with Crippen LogP contribution in [0.25, 0.3) is 0 Å². The molecule has 1 heterocycles. The lowest BCUT2D eigenvalue weighted by atomic mass is 10.3. The highest BCUT2D eigenvalue weighted by Crippen LogP contribution is 2.19. The molecule has 8 heteroatoms. The van der Waals surface area contributed by atoms with Gasteiger partial charge < -0.3 is 15.1 Å². The molecule has 2 N–H and O–H groups in total. The minimum atomic E-state index is -0.541. The second-order valence-corrected chi connectivity index (χ2v) is 5.72. The molecule has 0 unspecified atom stereocenters. The van der Waals surface area contributed by atoms with Gasteiger partial charge in [0.05, 0.1) is 5.69 Å². The van der Waals surface area contributed by atoms with E-state index in [2.05, 4.69) is 43.4 Å². The van der Waals surface area contributed by atoms with Crippen LogP contribution in [0, 0.1) is 9.39 Å². The molecule has 0 radical (unpaired) electrons. The maximum Gasteiger partial charge on any atom is 0.320 e. The molecule has 23 heavy (non-hydrogen) atoms. The molecule has 1 amide bonds. The van der Waals surface area contributed by atoms with E-state index in [4.69, 9.17) is 4.42 Å². The van der Waals surface area contributed by atoms with Crippen LogP contribution >= 0.6 is 22.6 Å². The van der Waals surface area contributed by atoms with Gasteiger partial charge in [0.1, 0.15) is 5.82 Å². The number of hydrogen-bond donors (Lipinski definition) is 2. The van der Waals surface area contributed by atoms with Gasteiger partial charge in [-0.2, -0.15) is 0 Å².